The van der Waals surface area contributed by atoms with Gasteiger partial charge >= 0.3 is 6.03 Å². The number of nitrogens with one attached hydrogen (secondary N) is 2. The number of hydrogen-bond acceptors (Lipinski definition) is 4. The topological polar surface area (TPSA) is 93.5 Å². The Kier molecular flexibility index (Phi) is 5.33. The van der Waals surface area contributed by atoms with Crippen molar-refractivity contribution in [2.45, 2.75) is 18.4 Å². The number of rotatable bonds is 4. The normalized spacial score (nSPS) is 17.2. The number of imide groups is 1. The Balaban J connectivity index is 2.14. The van der Waals surface area contributed by atoms with Gasteiger partial charge in [-0.2, -0.15) is 0 Å². The predicted molar refractivity (Wildman–Crippen MR) is 81.6 cm³/mol. The van der Waals surface area contributed by atoms with E-state index in [1.807, 2.05) is 24.3 Å². The quantitative estimate of drug-likeness (QED) is 0.757. The summed E-state index contributed by atoms with van der Waals surface area (Å²) in [5, 5.41) is 5.32. The molecule has 1 aromatic carbocycles. The van der Waals surface area contributed by atoms with Gasteiger partial charge in [-0.05, 0) is 30.5 Å². The fourth-order valence-corrected chi connectivity index (χ4v) is 2.90. The third kappa shape index (κ3) is 4.26. The Labute approximate surface area is 131 Å². The van der Waals surface area contributed by atoms with Gasteiger partial charge in [0.1, 0.15) is 0 Å². The highest BCUT2D eigenvalue weighted by atomic mass is 79.9. The standard InChI is InChI=1S/C14H18BrN3O3/c15-11-3-1-2-10(8-11)14(4-6-21-7-5-14)17-9-12(19)18-13(16)20/h1-3,8,17H,4-7,9H2,(H3,16,18,19,20). The van der Waals surface area contributed by atoms with Crippen LogP contribution in [0.4, 0.5) is 4.79 Å². The molecule has 1 fully saturated rings. The Morgan fingerprint density at radius 3 is 2.67 bits per heavy atom. The highest BCUT2D eigenvalue weighted by Crippen LogP contribution is 2.33. The van der Waals surface area contributed by atoms with Crippen LogP contribution >= 0.6 is 15.9 Å². The van der Waals surface area contributed by atoms with Gasteiger partial charge in [0.15, 0.2) is 0 Å². The van der Waals surface area contributed by atoms with E-state index in [1.165, 1.54) is 0 Å². The molecule has 7 heteroatoms. The summed E-state index contributed by atoms with van der Waals surface area (Å²) in [6.45, 7) is 1.27. The summed E-state index contributed by atoms with van der Waals surface area (Å²) in [6.07, 6.45) is 1.51. The van der Waals surface area contributed by atoms with Crippen molar-refractivity contribution in [2.75, 3.05) is 19.8 Å². The number of carbonyl (C=O) groups is 2. The number of ether oxygens (including phenoxy) is 1. The van der Waals surface area contributed by atoms with Crippen LogP contribution in [0.3, 0.4) is 0 Å². The lowest BCUT2D eigenvalue weighted by atomic mass is 9.82. The highest BCUT2D eigenvalue weighted by molar-refractivity contribution is 9.10. The van der Waals surface area contributed by atoms with E-state index in [2.05, 4.69) is 26.6 Å². The van der Waals surface area contributed by atoms with Crippen LogP contribution in [-0.2, 0) is 15.1 Å². The molecule has 0 unspecified atom stereocenters. The molecule has 1 aromatic rings. The van der Waals surface area contributed by atoms with Crippen molar-refractivity contribution >= 4 is 27.9 Å². The largest absolute Gasteiger partial charge is 0.381 e. The molecular weight excluding hydrogens is 338 g/mol. The molecule has 1 aliphatic heterocycles. The summed E-state index contributed by atoms with van der Waals surface area (Å²) in [5.74, 6) is -0.441. The van der Waals surface area contributed by atoms with Crippen molar-refractivity contribution in [1.29, 1.82) is 0 Å². The molecule has 4 N–H and O–H groups in total. The fraction of sp³-hybridized carbons (Fsp3) is 0.429. The molecule has 0 bridgehead atoms. The molecule has 1 aliphatic rings. The maximum atomic E-state index is 11.6. The van der Waals surface area contributed by atoms with E-state index in [4.69, 9.17) is 10.5 Å². The number of amides is 3. The fourth-order valence-electron chi connectivity index (χ4n) is 2.50. The summed E-state index contributed by atoms with van der Waals surface area (Å²) in [7, 11) is 0. The smallest absolute Gasteiger partial charge is 0.318 e. The third-order valence-electron chi connectivity index (χ3n) is 3.57. The van der Waals surface area contributed by atoms with Crippen LogP contribution in [0.1, 0.15) is 18.4 Å². The monoisotopic (exact) mass is 355 g/mol. The first-order valence-corrected chi connectivity index (χ1v) is 7.49. The molecule has 1 saturated heterocycles. The third-order valence-corrected chi connectivity index (χ3v) is 4.07. The minimum absolute atomic E-state index is 0.0233. The van der Waals surface area contributed by atoms with E-state index >= 15 is 0 Å². The zero-order chi connectivity index (χ0) is 15.3. The second kappa shape index (κ2) is 7.02. The van der Waals surface area contributed by atoms with Crippen LogP contribution < -0.4 is 16.4 Å². The lowest BCUT2D eigenvalue weighted by Crippen LogP contribution is -2.51. The molecule has 0 saturated carbocycles. The number of carbonyl (C=O) groups excluding carboxylic acids is 2. The van der Waals surface area contributed by atoms with Crippen LogP contribution in [0.15, 0.2) is 28.7 Å². The van der Waals surface area contributed by atoms with E-state index in [0.29, 0.717) is 13.2 Å². The zero-order valence-corrected chi connectivity index (χ0v) is 13.1. The lowest BCUT2D eigenvalue weighted by molar-refractivity contribution is -0.119. The summed E-state index contributed by atoms with van der Waals surface area (Å²) < 4.78 is 6.40. The second-order valence-electron chi connectivity index (χ2n) is 4.97. The van der Waals surface area contributed by atoms with E-state index < -0.39 is 11.9 Å². The average Bonchev–Trinajstić information content (AvgIpc) is 2.45. The molecule has 3 amide bonds. The first-order valence-electron chi connectivity index (χ1n) is 6.70. The van der Waals surface area contributed by atoms with Gasteiger partial charge in [-0.25, -0.2) is 4.79 Å². The van der Waals surface area contributed by atoms with Crippen LogP contribution in [0.25, 0.3) is 0 Å². The Bertz CT molecular complexity index is 530. The van der Waals surface area contributed by atoms with Crippen molar-refractivity contribution in [2.24, 2.45) is 5.73 Å². The number of benzene rings is 1. The van der Waals surface area contributed by atoms with Gasteiger partial charge in [0.2, 0.25) is 5.91 Å². The van der Waals surface area contributed by atoms with Gasteiger partial charge in [-0.3, -0.25) is 15.4 Å². The zero-order valence-electron chi connectivity index (χ0n) is 11.5. The molecular formula is C14H18BrN3O3. The SMILES string of the molecule is NC(=O)NC(=O)CNC1(c2cccc(Br)c2)CCOCC1. The number of halogens is 1. The van der Waals surface area contributed by atoms with E-state index in [9.17, 15) is 9.59 Å². The van der Waals surface area contributed by atoms with Gasteiger partial charge in [0.25, 0.3) is 0 Å². The minimum atomic E-state index is -0.842. The summed E-state index contributed by atoms with van der Waals surface area (Å²) in [4.78, 5) is 22.3. The van der Waals surface area contributed by atoms with Crippen molar-refractivity contribution in [3.05, 3.63) is 34.3 Å². The predicted octanol–water partition coefficient (Wildman–Crippen LogP) is 1.24. The molecule has 0 aromatic heterocycles. The van der Waals surface area contributed by atoms with Crippen LogP contribution in [0, 0.1) is 0 Å². The van der Waals surface area contributed by atoms with E-state index in [1.54, 1.807) is 0 Å². The van der Waals surface area contributed by atoms with E-state index in [-0.39, 0.29) is 12.1 Å². The van der Waals surface area contributed by atoms with Crippen LogP contribution in [0.2, 0.25) is 0 Å². The number of primary amides is 1. The molecule has 1 heterocycles. The first kappa shape index (κ1) is 15.9. The Morgan fingerprint density at radius 2 is 2.05 bits per heavy atom. The van der Waals surface area contributed by atoms with Crippen molar-refractivity contribution in [3.8, 4) is 0 Å². The molecule has 2 rings (SSSR count). The summed E-state index contributed by atoms with van der Waals surface area (Å²) in [5.41, 5.74) is 5.69. The summed E-state index contributed by atoms with van der Waals surface area (Å²) >= 11 is 3.47. The van der Waals surface area contributed by atoms with Gasteiger partial charge in [-0.15, -0.1) is 0 Å². The van der Waals surface area contributed by atoms with Gasteiger partial charge in [0.05, 0.1) is 6.54 Å². The minimum Gasteiger partial charge on any atom is -0.381 e. The average molecular weight is 356 g/mol. The summed E-state index contributed by atoms with van der Waals surface area (Å²) in [6, 6.07) is 7.13. The number of hydrogen-bond donors (Lipinski definition) is 3. The highest BCUT2D eigenvalue weighted by Gasteiger charge is 2.34. The van der Waals surface area contributed by atoms with Crippen LogP contribution in [-0.4, -0.2) is 31.7 Å². The van der Waals surface area contributed by atoms with Crippen molar-refractivity contribution in [3.63, 3.8) is 0 Å². The second-order valence-corrected chi connectivity index (χ2v) is 5.89. The van der Waals surface area contributed by atoms with Crippen molar-refractivity contribution in [1.82, 2.24) is 10.6 Å². The maximum Gasteiger partial charge on any atom is 0.318 e. The number of nitrogens with two attached hydrogens (primary N) is 1. The molecule has 0 atom stereocenters. The number of urea groups is 1. The molecule has 0 radical (unpaired) electrons. The Hall–Kier alpha value is -1.44. The van der Waals surface area contributed by atoms with E-state index in [0.717, 1.165) is 22.9 Å². The van der Waals surface area contributed by atoms with Gasteiger partial charge < -0.3 is 10.5 Å². The van der Waals surface area contributed by atoms with Crippen LogP contribution in [0.5, 0.6) is 0 Å². The molecule has 0 spiro atoms. The molecule has 21 heavy (non-hydrogen) atoms. The maximum absolute atomic E-state index is 11.6. The van der Waals surface area contributed by atoms with Gasteiger partial charge in [-0.1, -0.05) is 28.1 Å². The molecule has 0 aliphatic carbocycles. The van der Waals surface area contributed by atoms with Crippen molar-refractivity contribution < 1.29 is 14.3 Å². The molecule has 114 valence electrons. The Morgan fingerprint density at radius 1 is 1.33 bits per heavy atom. The van der Waals surface area contributed by atoms with Gasteiger partial charge in [0, 0.05) is 23.2 Å². The lowest BCUT2D eigenvalue weighted by Gasteiger charge is -2.38. The molecule has 6 nitrogen and oxygen atoms in total. The first-order chi connectivity index (χ1) is 10.0.